The molecule has 0 heterocycles. The summed E-state index contributed by atoms with van der Waals surface area (Å²) in [6, 6.07) is 16.4. The van der Waals surface area contributed by atoms with Crippen LogP contribution in [0.15, 0.2) is 48.5 Å². The van der Waals surface area contributed by atoms with E-state index in [0.717, 1.165) is 11.4 Å². The number of ether oxygens (including phenoxy) is 1. The fourth-order valence-electron chi connectivity index (χ4n) is 2.02. The van der Waals surface area contributed by atoms with E-state index in [1.54, 1.807) is 0 Å². The van der Waals surface area contributed by atoms with Gasteiger partial charge in [-0.05, 0) is 57.5 Å². The fourth-order valence-corrected chi connectivity index (χ4v) is 4.72. The van der Waals surface area contributed by atoms with E-state index in [-0.39, 0.29) is 27.3 Å². The van der Waals surface area contributed by atoms with E-state index in [0.29, 0.717) is 6.54 Å². The van der Waals surface area contributed by atoms with E-state index in [1.165, 1.54) is 12.7 Å². The van der Waals surface area contributed by atoms with Gasteiger partial charge >= 0.3 is 27.3 Å². The van der Waals surface area contributed by atoms with Crippen LogP contribution in [0.4, 0.5) is 4.79 Å². The highest BCUT2D eigenvalue weighted by Crippen LogP contribution is 2.07. The number of alkyl carbamates (subject to hydrolysis) is 1. The minimum Gasteiger partial charge on any atom is -0.444 e. The second kappa shape index (κ2) is 8.72. The van der Waals surface area contributed by atoms with E-state index in [2.05, 4.69) is 35.6 Å². The Balaban J connectivity index is 1.94. The lowest BCUT2D eigenvalue weighted by Crippen LogP contribution is -3.61. The molecule has 0 aliphatic rings. The first-order valence-corrected chi connectivity index (χ1v) is 10.3. The van der Waals surface area contributed by atoms with Crippen LogP contribution in [0.3, 0.4) is 0 Å². The van der Waals surface area contributed by atoms with Gasteiger partial charge in [0.15, 0.2) is 7.14 Å². The smallest absolute Gasteiger partial charge is 0.407 e. The van der Waals surface area contributed by atoms with Crippen molar-refractivity contribution < 1.29 is 30.7 Å². The number of hydrogen-bond donors (Lipinski definition) is 1. The molecule has 2 aromatic rings. The molecule has 0 saturated carbocycles. The molecule has 2 aromatic carbocycles. The highest BCUT2D eigenvalue weighted by molar-refractivity contribution is 6.30. The monoisotopic (exact) mass is 458 g/mol. The van der Waals surface area contributed by atoms with Gasteiger partial charge < -0.3 is 10.1 Å². The van der Waals surface area contributed by atoms with E-state index in [9.17, 15) is 4.79 Å². The van der Waals surface area contributed by atoms with Crippen molar-refractivity contribution in [2.24, 2.45) is 0 Å². The number of carbonyl (C=O) groups excluding carboxylic acids is 1. The van der Waals surface area contributed by atoms with Crippen molar-refractivity contribution in [1.82, 2.24) is 5.32 Å². The molecule has 1 N–H and O–H groups in total. The Hall–Kier alpha value is -1.27. The maximum absolute atomic E-state index is 11.7. The van der Waals surface area contributed by atoms with E-state index in [4.69, 9.17) is 16.3 Å². The van der Waals surface area contributed by atoms with Gasteiger partial charge in [-0.15, -0.1) is 0 Å². The average Bonchev–Trinajstić information content (AvgIpc) is 2.49. The van der Waals surface area contributed by atoms with Gasteiger partial charge in [-0.2, -0.15) is 0 Å². The zero-order valence-corrected chi connectivity index (χ0v) is 17.0. The molecule has 1 amide bonds. The summed E-state index contributed by atoms with van der Waals surface area (Å²) in [6.07, 6.45) is 0.426. The van der Waals surface area contributed by atoms with Crippen molar-refractivity contribution >= 4 is 17.7 Å². The van der Waals surface area contributed by atoms with Crippen molar-refractivity contribution in [3.63, 3.8) is 0 Å². The highest BCUT2D eigenvalue weighted by Gasteiger charge is 2.20. The molecule has 3 nitrogen and oxygen atoms in total. The van der Waals surface area contributed by atoms with Gasteiger partial charge in [-0.25, -0.2) is 4.79 Å². The lowest BCUT2D eigenvalue weighted by Gasteiger charge is -2.19. The third-order valence-electron chi connectivity index (χ3n) is 3.03. The third-order valence-corrected chi connectivity index (χ3v) is 6.26. The zero-order valence-electron chi connectivity index (χ0n) is 14.1. The van der Waals surface area contributed by atoms with Crippen molar-refractivity contribution in [3.05, 3.63) is 66.3 Å². The van der Waals surface area contributed by atoms with Crippen LogP contribution in [-0.4, -0.2) is 18.2 Å². The van der Waals surface area contributed by atoms with Gasteiger partial charge in [0.1, 0.15) is 5.60 Å². The fraction of sp³-hybridized carbons (Fsp3) is 0.316. The van der Waals surface area contributed by atoms with Gasteiger partial charge in [0.05, 0.1) is 0 Å². The summed E-state index contributed by atoms with van der Waals surface area (Å²) in [5.41, 5.74) is 0.804. The van der Waals surface area contributed by atoms with Crippen molar-refractivity contribution in [3.8, 4) is 0 Å². The van der Waals surface area contributed by atoms with Gasteiger partial charge in [-0.3, -0.25) is 0 Å². The number of halogens is 2. The molecule has 0 fully saturated rings. The molecule has 0 aliphatic carbocycles. The maximum atomic E-state index is 11.7. The molecule has 0 bridgehead atoms. The molecular formula is C19H22ClINO2+. The lowest BCUT2D eigenvalue weighted by atomic mass is 10.1. The molecular weight excluding hydrogens is 437 g/mol. The Morgan fingerprint density at radius 3 is 2.46 bits per heavy atom. The van der Waals surface area contributed by atoms with Crippen molar-refractivity contribution in [1.29, 1.82) is 0 Å². The first-order valence-electron chi connectivity index (χ1n) is 7.79. The number of nitrogens with one attached hydrogen (secondary N) is 1. The van der Waals surface area contributed by atoms with Crippen molar-refractivity contribution in [2.75, 3.05) is 6.54 Å². The normalized spacial score (nSPS) is 11.2. The van der Waals surface area contributed by atoms with Crippen molar-refractivity contribution in [2.45, 2.75) is 32.8 Å². The number of carbonyl (C=O) groups is 1. The SMILES string of the molecule is CC(C)(C)OC(=O)NCCc1ccccc1[I+]c1ccc(Cl)cc1. The molecule has 128 valence electrons. The van der Waals surface area contributed by atoms with E-state index in [1.807, 2.05) is 39.0 Å². The van der Waals surface area contributed by atoms with Crippen LogP contribution >= 0.6 is 11.6 Å². The van der Waals surface area contributed by atoms with Crippen LogP contribution in [0.25, 0.3) is 0 Å². The molecule has 2 rings (SSSR count). The van der Waals surface area contributed by atoms with Gasteiger partial charge in [0, 0.05) is 17.1 Å². The summed E-state index contributed by atoms with van der Waals surface area (Å²) in [6.45, 7) is 6.14. The molecule has 24 heavy (non-hydrogen) atoms. The minimum atomic E-state index is -0.470. The van der Waals surface area contributed by atoms with Crippen LogP contribution in [0.5, 0.6) is 0 Å². The number of amides is 1. The van der Waals surface area contributed by atoms with Crippen LogP contribution in [0.1, 0.15) is 26.3 Å². The van der Waals surface area contributed by atoms with Gasteiger partial charge in [-0.1, -0.05) is 29.8 Å². The minimum absolute atomic E-state index is 0.265. The highest BCUT2D eigenvalue weighted by atomic mass is 127. The Morgan fingerprint density at radius 2 is 1.79 bits per heavy atom. The summed E-state index contributed by atoms with van der Waals surface area (Å²) in [4.78, 5) is 11.7. The van der Waals surface area contributed by atoms with E-state index < -0.39 is 5.60 Å². The summed E-state index contributed by atoms with van der Waals surface area (Å²) in [5.74, 6) is 0. The summed E-state index contributed by atoms with van der Waals surface area (Å²) >= 11 is 5.69. The standard InChI is InChI=1S/C19H21ClINO2/c1-19(2,3)24-18(23)22-13-12-14-6-4-5-7-17(14)21-16-10-8-15(20)9-11-16/h4-11H,12-13H2,1-3H3/p+1. The lowest BCUT2D eigenvalue weighted by molar-refractivity contribution is -0.598. The first-order chi connectivity index (χ1) is 11.3. The number of rotatable bonds is 5. The molecule has 0 atom stereocenters. The van der Waals surface area contributed by atoms with Crippen LogP contribution < -0.4 is 26.5 Å². The predicted molar refractivity (Wildman–Crippen MR) is 93.2 cm³/mol. The second-order valence-corrected chi connectivity index (χ2v) is 9.68. The molecule has 5 heteroatoms. The molecule has 0 saturated heterocycles. The molecule has 0 aliphatic heterocycles. The zero-order chi connectivity index (χ0) is 17.6. The second-order valence-electron chi connectivity index (χ2n) is 6.30. The predicted octanol–water partition coefficient (Wildman–Crippen LogP) is 1.54. The Morgan fingerprint density at radius 1 is 1.12 bits per heavy atom. The molecule has 0 spiro atoms. The Bertz CT molecular complexity index is 681. The van der Waals surface area contributed by atoms with Crippen LogP contribution in [0, 0.1) is 7.14 Å². The topological polar surface area (TPSA) is 38.3 Å². The number of hydrogen-bond acceptors (Lipinski definition) is 2. The van der Waals surface area contributed by atoms with Crippen LogP contribution in [0.2, 0.25) is 5.02 Å². The van der Waals surface area contributed by atoms with E-state index >= 15 is 0 Å². The Kier molecular flexibility index (Phi) is 6.92. The first kappa shape index (κ1) is 19.1. The summed E-state index contributed by atoms with van der Waals surface area (Å²) in [7, 11) is 0. The average molecular weight is 459 g/mol. The quantitative estimate of drug-likeness (QED) is 0.691. The Labute approximate surface area is 159 Å². The maximum Gasteiger partial charge on any atom is 0.407 e. The van der Waals surface area contributed by atoms with Crippen LogP contribution in [-0.2, 0) is 11.2 Å². The molecule has 0 unspecified atom stereocenters. The summed E-state index contributed by atoms with van der Waals surface area (Å²) in [5, 5.41) is 3.58. The van der Waals surface area contributed by atoms with Gasteiger partial charge in [0.25, 0.3) is 0 Å². The van der Waals surface area contributed by atoms with Gasteiger partial charge in [0.2, 0.25) is 0 Å². The third kappa shape index (κ3) is 6.69. The molecule has 0 aromatic heterocycles. The summed E-state index contributed by atoms with van der Waals surface area (Å²) < 4.78 is 7.95. The molecule has 0 radical (unpaired) electrons. The largest absolute Gasteiger partial charge is 0.444 e. The number of benzene rings is 2.